The quantitative estimate of drug-likeness (QED) is 0.136. The summed E-state index contributed by atoms with van der Waals surface area (Å²) in [4.78, 5) is 9.97. The average molecular weight is 574 g/mol. The smallest absolute Gasteiger partial charge is 0.744 e. The third-order valence-electron chi connectivity index (χ3n) is 4.94. The molecule has 1 atom stereocenters. The van der Waals surface area contributed by atoms with Gasteiger partial charge >= 0.3 is 53.5 Å². The van der Waals surface area contributed by atoms with Crippen molar-refractivity contribution >= 4 is 16.4 Å². The molecule has 0 amide bonds. The number of hydrogen-bond donors (Lipinski definition) is 0. The van der Waals surface area contributed by atoms with Crippen molar-refractivity contribution < 1.29 is 91.6 Å². The van der Waals surface area contributed by atoms with Crippen molar-refractivity contribution in [1.29, 1.82) is 0 Å². The molecule has 1 unspecified atom stereocenters. The van der Waals surface area contributed by atoms with Gasteiger partial charge in [0, 0.05) is 12.0 Å². The molecule has 5 nitrogen and oxygen atoms in total. The van der Waals surface area contributed by atoms with Crippen molar-refractivity contribution in [2.24, 2.45) is 0 Å². The van der Waals surface area contributed by atoms with Gasteiger partial charge in [-0.1, -0.05) is 18.2 Å². The summed E-state index contributed by atoms with van der Waals surface area (Å²) in [5.74, 6) is -20.0. The molecule has 0 aliphatic rings. The molecule has 16 heteroatoms. The average Bonchev–Trinajstić information content (AvgIpc) is 2.77. The summed E-state index contributed by atoms with van der Waals surface area (Å²) in [6.45, 7) is 0. The Kier molecular flexibility index (Phi) is 10.7. The Morgan fingerprint density at radius 1 is 0.892 bits per heavy atom. The summed E-state index contributed by atoms with van der Waals surface area (Å²) in [6.07, 6.45) is -7.92. The number of unbranched alkanes of at least 4 members (excludes halogenated alkanes) is 1. The van der Waals surface area contributed by atoms with Crippen LogP contribution in [0.3, 0.4) is 0 Å². The molecular formula is C21H16F9NaO5S. The molecule has 200 valence electrons. The molecule has 0 saturated heterocycles. The summed E-state index contributed by atoms with van der Waals surface area (Å²) in [5.41, 5.74) is -2.20. The number of hydrogen-bond acceptors (Lipinski definition) is 5. The number of alkyl halides is 9. The SMILES string of the molecule is O=CCCCC(Oc1ccc(S(=O)(=O)[O-])cc1)c1cccc(C(F)(F)C(F)(F)C(F)(F)C(F)(F)F)c1.[Na+]. The summed E-state index contributed by atoms with van der Waals surface area (Å²) in [6, 6.07) is 5.98. The summed E-state index contributed by atoms with van der Waals surface area (Å²) < 4.78 is 159. The van der Waals surface area contributed by atoms with E-state index in [2.05, 4.69) is 0 Å². The van der Waals surface area contributed by atoms with Gasteiger partial charge in [-0.25, -0.2) is 8.42 Å². The molecule has 0 aromatic heterocycles. The Morgan fingerprint density at radius 3 is 1.95 bits per heavy atom. The van der Waals surface area contributed by atoms with E-state index in [1.807, 2.05) is 0 Å². The molecule has 0 saturated carbocycles. The first-order valence-corrected chi connectivity index (χ1v) is 11.2. The second kappa shape index (κ2) is 11.9. The van der Waals surface area contributed by atoms with Crippen LogP contribution >= 0.6 is 0 Å². The topological polar surface area (TPSA) is 83.5 Å². The van der Waals surface area contributed by atoms with Crippen molar-refractivity contribution in [2.75, 3.05) is 0 Å². The number of carbonyl (C=O) groups excluding carboxylic acids is 1. The van der Waals surface area contributed by atoms with Gasteiger partial charge in [-0.15, -0.1) is 0 Å². The monoisotopic (exact) mass is 574 g/mol. The Hall–Kier alpha value is -1.81. The van der Waals surface area contributed by atoms with Crippen LogP contribution in [-0.2, 0) is 20.8 Å². The maximum Gasteiger partial charge on any atom is 1.00 e. The first kappa shape index (κ1) is 33.2. The van der Waals surface area contributed by atoms with Gasteiger partial charge in [-0.3, -0.25) is 0 Å². The fourth-order valence-corrected chi connectivity index (χ4v) is 3.49. The molecule has 0 heterocycles. The molecule has 0 radical (unpaired) electrons. The van der Waals surface area contributed by atoms with Crippen molar-refractivity contribution in [1.82, 2.24) is 0 Å². The Labute approximate surface area is 227 Å². The first-order valence-electron chi connectivity index (χ1n) is 9.83. The second-order valence-electron chi connectivity index (χ2n) is 7.48. The maximum atomic E-state index is 14.4. The molecule has 37 heavy (non-hydrogen) atoms. The zero-order chi connectivity index (χ0) is 27.6. The minimum absolute atomic E-state index is 0. The fourth-order valence-electron chi connectivity index (χ4n) is 3.02. The normalized spacial score (nSPS) is 14.0. The molecule has 0 fully saturated rings. The number of benzene rings is 2. The van der Waals surface area contributed by atoms with Crippen LogP contribution in [0.1, 0.15) is 36.5 Å². The Bertz CT molecular complexity index is 1170. The molecular weight excluding hydrogens is 558 g/mol. The van der Waals surface area contributed by atoms with E-state index in [1.54, 1.807) is 0 Å². The van der Waals surface area contributed by atoms with Crippen LogP contribution in [0.2, 0.25) is 0 Å². The van der Waals surface area contributed by atoms with Crippen molar-refractivity contribution in [3.63, 3.8) is 0 Å². The predicted molar refractivity (Wildman–Crippen MR) is 104 cm³/mol. The van der Waals surface area contributed by atoms with Gasteiger partial charge in [0.25, 0.3) is 0 Å². The van der Waals surface area contributed by atoms with E-state index in [-0.39, 0.29) is 72.3 Å². The van der Waals surface area contributed by atoms with E-state index in [0.29, 0.717) is 12.4 Å². The number of carbonyl (C=O) groups is 1. The van der Waals surface area contributed by atoms with Crippen LogP contribution in [0.15, 0.2) is 53.4 Å². The van der Waals surface area contributed by atoms with E-state index >= 15 is 0 Å². The van der Waals surface area contributed by atoms with Crippen LogP contribution in [0.25, 0.3) is 0 Å². The predicted octanol–water partition coefficient (Wildman–Crippen LogP) is 3.01. The van der Waals surface area contributed by atoms with Crippen LogP contribution in [0.5, 0.6) is 5.75 Å². The fraction of sp³-hybridized carbons (Fsp3) is 0.381. The third-order valence-corrected chi connectivity index (χ3v) is 5.79. The largest absolute Gasteiger partial charge is 1.00 e. The zero-order valence-electron chi connectivity index (χ0n) is 18.7. The van der Waals surface area contributed by atoms with Crippen LogP contribution < -0.4 is 34.3 Å². The summed E-state index contributed by atoms with van der Waals surface area (Å²) in [5, 5.41) is 0. The molecule has 0 N–H and O–H groups in total. The third kappa shape index (κ3) is 7.19. The van der Waals surface area contributed by atoms with Gasteiger partial charge in [0.05, 0.1) is 4.90 Å². The zero-order valence-corrected chi connectivity index (χ0v) is 21.6. The minimum atomic E-state index is -7.07. The van der Waals surface area contributed by atoms with Gasteiger partial charge < -0.3 is 14.1 Å². The molecule has 2 aromatic carbocycles. The summed E-state index contributed by atoms with van der Waals surface area (Å²) in [7, 11) is -4.82. The first-order chi connectivity index (χ1) is 16.4. The molecule has 0 bridgehead atoms. The van der Waals surface area contributed by atoms with E-state index in [9.17, 15) is 57.3 Å². The van der Waals surface area contributed by atoms with Gasteiger partial charge in [0.1, 0.15) is 28.3 Å². The molecule has 0 aliphatic carbocycles. The number of ether oxygens (including phenoxy) is 1. The van der Waals surface area contributed by atoms with Gasteiger partial charge in [0.15, 0.2) is 0 Å². The van der Waals surface area contributed by atoms with Crippen LogP contribution in [0.4, 0.5) is 39.5 Å². The molecule has 0 spiro atoms. The van der Waals surface area contributed by atoms with E-state index in [1.165, 1.54) is 0 Å². The second-order valence-corrected chi connectivity index (χ2v) is 8.86. The minimum Gasteiger partial charge on any atom is -0.744 e. The van der Waals surface area contributed by atoms with E-state index in [4.69, 9.17) is 4.74 Å². The van der Waals surface area contributed by atoms with Crippen molar-refractivity contribution in [2.45, 2.75) is 54.2 Å². The molecule has 0 aliphatic heterocycles. The van der Waals surface area contributed by atoms with Gasteiger partial charge in [-0.05, 0) is 48.7 Å². The number of halogens is 9. The Balaban J connectivity index is 0.00000684. The van der Waals surface area contributed by atoms with E-state index in [0.717, 1.165) is 30.3 Å². The van der Waals surface area contributed by atoms with Crippen LogP contribution in [-0.4, -0.2) is 37.3 Å². The molecule has 2 rings (SSSR count). The standard InChI is InChI=1S/C21H17F9O5S.Na/c22-18(23,19(24,25)20(26,27)21(28,29)30)14-5-3-4-13(12-14)17(6-1-2-11-31)35-15-7-9-16(10-8-15)36(32,33)34;/h3-5,7-12,17H,1-2,6H2,(H,32,33,34);/q;+1/p-1. The van der Waals surface area contributed by atoms with Crippen molar-refractivity contribution in [3.05, 3.63) is 59.7 Å². The summed E-state index contributed by atoms with van der Waals surface area (Å²) >= 11 is 0. The number of rotatable bonds is 11. The maximum absolute atomic E-state index is 14.4. The molecule has 2 aromatic rings. The number of aldehydes is 1. The van der Waals surface area contributed by atoms with E-state index < -0.39 is 50.6 Å². The Morgan fingerprint density at radius 2 is 1.46 bits per heavy atom. The van der Waals surface area contributed by atoms with Crippen LogP contribution in [0, 0.1) is 0 Å². The van der Waals surface area contributed by atoms with Gasteiger partial charge in [-0.2, -0.15) is 39.5 Å². The van der Waals surface area contributed by atoms with Crippen molar-refractivity contribution in [3.8, 4) is 5.75 Å². The van der Waals surface area contributed by atoms with Gasteiger partial charge in [0.2, 0.25) is 0 Å².